The van der Waals surface area contributed by atoms with Crippen molar-refractivity contribution in [3.05, 3.63) is 29.8 Å². The Morgan fingerprint density at radius 3 is 2.05 bits per heavy atom. The average Bonchev–Trinajstić information content (AvgIpc) is 4.13. The second-order valence-electron chi connectivity index (χ2n) is 23.4. The number of nitrogens with one attached hydrogen (secondary N) is 3. The van der Waals surface area contributed by atoms with Crippen LogP contribution in [0.5, 0.6) is 5.75 Å². The van der Waals surface area contributed by atoms with E-state index < -0.39 is 138 Å². The minimum Gasteiger partial charge on any atom is -0.497 e. The van der Waals surface area contributed by atoms with Gasteiger partial charge in [-0.05, 0) is 93.7 Å². The van der Waals surface area contributed by atoms with Crippen LogP contribution in [-0.2, 0) is 63.8 Å². The lowest BCUT2D eigenvalue weighted by atomic mass is 9.91. The quantitative estimate of drug-likeness (QED) is 0.145. The van der Waals surface area contributed by atoms with Crippen molar-refractivity contribution < 1.29 is 67.3 Å². The van der Waals surface area contributed by atoms with Gasteiger partial charge >= 0.3 is 11.9 Å². The number of rotatable bonds is 15. The van der Waals surface area contributed by atoms with Crippen molar-refractivity contribution in [2.24, 2.45) is 35.5 Å². The third-order valence-corrected chi connectivity index (χ3v) is 15.6. The lowest BCUT2D eigenvalue weighted by Gasteiger charge is -2.36. The van der Waals surface area contributed by atoms with Crippen molar-refractivity contribution >= 4 is 59.1 Å². The summed E-state index contributed by atoms with van der Waals surface area (Å²) in [4.78, 5) is 149. The number of aliphatic hydroxyl groups is 1. The second-order valence-corrected chi connectivity index (χ2v) is 23.4. The number of likely N-dealkylation sites (tertiary alicyclic amines) is 1. The molecule has 7 amide bonds. The molecule has 0 radical (unpaired) electrons. The van der Waals surface area contributed by atoms with Crippen LogP contribution in [0.15, 0.2) is 24.3 Å². The van der Waals surface area contributed by atoms with Crippen molar-refractivity contribution in [1.29, 1.82) is 0 Å². The van der Waals surface area contributed by atoms with E-state index >= 15 is 4.79 Å². The number of aliphatic hydroxyl groups excluding tert-OH is 1. The molecule has 1 aromatic carbocycles. The van der Waals surface area contributed by atoms with E-state index in [1.807, 2.05) is 27.7 Å². The van der Waals surface area contributed by atoms with E-state index in [2.05, 4.69) is 16.0 Å². The van der Waals surface area contributed by atoms with Gasteiger partial charge in [-0.1, -0.05) is 87.8 Å². The largest absolute Gasteiger partial charge is 0.497 e. The molecule has 4 N–H and O–H groups in total. The summed E-state index contributed by atoms with van der Waals surface area (Å²) in [6.45, 7) is 20.9. The van der Waals surface area contributed by atoms with Gasteiger partial charge in [-0.15, -0.1) is 0 Å². The van der Waals surface area contributed by atoms with Crippen LogP contribution in [0.25, 0.3) is 0 Å². The fourth-order valence-corrected chi connectivity index (χ4v) is 10.6. The van der Waals surface area contributed by atoms with E-state index in [0.29, 0.717) is 43.5 Å². The maximum atomic E-state index is 15.0. The summed E-state index contributed by atoms with van der Waals surface area (Å²) in [7, 11) is 4.38. The third kappa shape index (κ3) is 17.0. The Kier molecular flexibility index (Phi) is 24.3. The molecule has 0 spiro atoms. The molecule has 3 heterocycles. The highest BCUT2D eigenvalue weighted by Gasteiger charge is 2.46. The molecular formula is C58H91N7O14. The van der Waals surface area contributed by atoms with E-state index in [-0.39, 0.29) is 55.9 Å². The van der Waals surface area contributed by atoms with Crippen LogP contribution in [0.3, 0.4) is 0 Å². The molecule has 0 bridgehead atoms. The van der Waals surface area contributed by atoms with Gasteiger partial charge < -0.3 is 54.9 Å². The number of Topliss-reactive ketones (excluding diaryl/α,β-unsaturated/α-hetero) is 1. The molecule has 4 rings (SSSR count). The van der Waals surface area contributed by atoms with Gasteiger partial charge in [0.1, 0.15) is 48.1 Å². The molecule has 21 nitrogen and oxygen atoms in total. The zero-order valence-electron chi connectivity index (χ0n) is 49.4. The van der Waals surface area contributed by atoms with Crippen LogP contribution in [0.2, 0.25) is 0 Å². The van der Waals surface area contributed by atoms with Gasteiger partial charge in [0.15, 0.2) is 11.9 Å². The Morgan fingerprint density at radius 1 is 0.848 bits per heavy atom. The smallest absolute Gasteiger partial charge is 0.329 e. The van der Waals surface area contributed by atoms with Crippen molar-refractivity contribution in [3.63, 3.8) is 0 Å². The molecule has 0 unspecified atom stereocenters. The summed E-state index contributed by atoms with van der Waals surface area (Å²) < 4.78 is 17.3. The number of hydrogen-bond donors (Lipinski definition) is 4. The highest BCUT2D eigenvalue weighted by Crippen LogP contribution is 2.28. The SMILES string of the molecule is CC[C@H](C)[C@@H]1NC(=O)[C@@H](NC(=O)[C@@H](CC(C)C)N(C)C(=O)[C@@H]2CCCN2C(=O)C(C)C)[C@@H](C)OC(=O)[C@H](Cc2ccc(OC)cc2)N(C)C(=O)[C@@H]2CCCN2C(=O)[C@H](CC(C)C)NC(=O)[C@@H](C)C(=O)[C@H](C(C)C)OC(=O)C[C@@H]1O. The first-order valence-electron chi connectivity index (χ1n) is 28.3. The van der Waals surface area contributed by atoms with Gasteiger partial charge in [-0.2, -0.15) is 0 Å². The number of methoxy groups -OCH3 is 1. The van der Waals surface area contributed by atoms with Crippen molar-refractivity contribution in [2.45, 2.75) is 201 Å². The van der Waals surface area contributed by atoms with Crippen LogP contribution < -0.4 is 20.7 Å². The highest BCUT2D eigenvalue weighted by molar-refractivity contribution is 6.05. The third-order valence-electron chi connectivity index (χ3n) is 15.6. The van der Waals surface area contributed by atoms with Gasteiger partial charge in [0.25, 0.3) is 0 Å². The zero-order valence-corrected chi connectivity index (χ0v) is 49.4. The molecule has 21 heteroatoms. The average molecular weight is 1110 g/mol. The predicted octanol–water partition coefficient (Wildman–Crippen LogP) is 3.59. The first-order valence-corrected chi connectivity index (χ1v) is 28.3. The van der Waals surface area contributed by atoms with Crippen LogP contribution in [0, 0.1) is 35.5 Å². The molecule has 3 aliphatic rings. The molecule has 0 aliphatic carbocycles. The Balaban J connectivity index is 1.89. The Morgan fingerprint density at radius 2 is 1.48 bits per heavy atom. The molecule has 1 aromatic rings. The van der Waals surface area contributed by atoms with Crippen LogP contribution >= 0.6 is 0 Å². The Bertz CT molecular complexity index is 2330. The van der Waals surface area contributed by atoms with Crippen LogP contribution in [-0.4, -0.2) is 179 Å². The van der Waals surface area contributed by atoms with E-state index in [1.165, 1.54) is 54.7 Å². The summed E-state index contributed by atoms with van der Waals surface area (Å²) in [5.41, 5.74) is 0.585. The van der Waals surface area contributed by atoms with Gasteiger partial charge in [-0.3, -0.25) is 43.2 Å². The molecule has 3 saturated heterocycles. The van der Waals surface area contributed by atoms with E-state index in [4.69, 9.17) is 14.2 Å². The number of carbonyl (C=O) groups is 10. The van der Waals surface area contributed by atoms with Crippen molar-refractivity contribution in [3.8, 4) is 5.75 Å². The standard InChI is InChI=1S/C58H91N7O14/c1-16-35(10)47-45(66)30-46(67)79-50(33(6)7)49(68)36(11)51(69)59-40(27-31(2)3)55(73)65-26-18-20-42(65)57(75)63(14)44(29-38-21-23-39(77-15)24-22-38)58(76)78-37(12)48(53(71)60-47)61-52(70)43(28-32(4)5)62(13)56(74)41-19-17-25-64(41)54(72)34(8)9/h21-24,31-37,40-45,47-48,50,66H,16-20,25-30H2,1-15H3,(H,59,69)(H,60,71)(H,61,70)/t35-,36-,37+,40-,41-,42-,43+,44-,45-,47-,48-,50-/m0/s1. The number of esters is 2. The lowest BCUT2D eigenvalue weighted by molar-refractivity contribution is -0.163. The molecule has 12 atom stereocenters. The topological polar surface area (TPSA) is 268 Å². The number of benzene rings is 1. The Labute approximate surface area is 467 Å². The maximum absolute atomic E-state index is 15.0. The summed E-state index contributed by atoms with van der Waals surface area (Å²) in [6, 6.07) is -1.82. The fourth-order valence-electron chi connectivity index (χ4n) is 10.6. The maximum Gasteiger partial charge on any atom is 0.329 e. The number of ether oxygens (including phenoxy) is 3. The van der Waals surface area contributed by atoms with Gasteiger partial charge in [0.05, 0.1) is 31.6 Å². The van der Waals surface area contributed by atoms with E-state index in [9.17, 15) is 48.3 Å². The number of nitrogens with zero attached hydrogens (tertiary/aromatic N) is 4. The minimum absolute atomic E-state index is 0.115. The lowest BCUT2D eigenvalue weighted by Crippen LogP contribution is -2.62. The Hall–Kier alpha value is -6.12. The molecule has 79 heavy (non-hydrogen) atoms. The monoisotopic (exact) mass is 1110 g/mol. The van der Waals surface area contributed by atoms with Crippen molar-refractivity contribution in [2.75, 3.05) is 34.3 Å². The number of cyclic esters (lactones) is 2. The molecule has 3 aliphatic heterocycles. The van der Waals surface area contributed by atoms with E-state index in [1.54, 1.807) is 65.8 Å². The summed E-state index contributed by atoms with van der Waals surface area (Å²) >= 11 is 0. The number of hydrogen-bond acceptors (Lipinski definition) is 14. The summed E-state index contributed by atoms with van der Waals surface area (Å²) in [5.74, 6) is -9.84. The van der Waals surface area contributed by atoms with Crippen molar-refractivity contribution in [1.82, 2.24) is 35.6 Å². The summed E-state index contributed by atoms with van der Waals surface area (Å²) in [5, 5.41) is 20.2. The van der Waals surface area contributed by atoms with Crippen LogP contribution in [0.4, 0.5) is 0 Å². The second kappa shape index (κ2) is 29.4. The number of likely N-dealkylation sites (N-methyl/N-ethyl adjacent to an activating group) is 2. The van der Waals surface area contributed by atoms with Gasteiger partial charge in [-0.25, -0.2) is 4.79 Å². The molecule has 0 saturated carbocycles. The zero-order chi connectivity index (χ0) is 59.3. The molecular weight excluding hydrogens is 1020 g/mol. The molecule has 0 aromatic heterocycles. The van der Waals surface area contributed by atoms with Crippen LogP contribution in [0.1, 0.15) is 140 Å². The normalized spacial score (nSPS) is 27.3. The predicted molar refractivity (Wildman–Crippen MR) is 293 cm³/mol. The number of carbonyl (C=O) groups excluding carboxylic acids is 10. The number of fused-ring (bicyclic) bond motifs is 1. The first kappa shape index (κ1) is 65.4. The summed E-state index contributed by atoms with van der Waals surface area (Å²) in [6.07, 6.45) is -3.21. The molecule has 442 valence electrons. The van der Waals surface area contributed by atoms with Gasteiger partial charge in [0, 0.05) is 39.5 Å². The number of ketones is 1. The fraction of sp³-hybridized carbons (Fsp3) is 0.724. The highest BCUT2D eigenvalue weighted by atomic mass is 16.6. The van der Waals surface area contributed by atoms with Gasteiger partial charge in [0.2, 0.25) is 41.4 Å². The minimum atomic E-state index is -1.73. The number of amides is 7. The molecule has 3 fully saturated rings. The first-order chi connectivity index (χ1) is 37.0. The van der Waals surface area contributed by atoms with E-state index in [0.717, 1.165) is 0 Å².